The van der Waals surface area contributed by atoms with Gasteiger partial charge in [-0.15, -0.1) is 0 Å². The molecule has 1 saturated heterocycles. The van der Waals surface area contributed by atoms with E-state index in [9.17, 15) is 0 Å². The average Bonchev–Trinajstić information content (AvgIpc) is 2.50. The Morgan fingerprint density at radius 2 is 1.89 bits per heavy atom. The van der Waals surface area contributed by atoms with Crippen molar-refractivity contribution in [3.8, 4) is 0 Å². The van der Waals surface area contributed by atoms with E-state index in [0.717, 1.165) is 51.6 Å². The molecule has 0 saturated carbocycles. The molecule has 1 aromatic heterocycles. The molecular weight excluding hydrogens is 226 g/mol. The van der Waals surface area contributed by atoms with E-state index in [1.165, 1.54) is 11.3 Å². The lowest BCUT2D eigenvalue weighted by Crippen LogP contribution is -2.44. The molecule has 3 heterocycles. The van der Waals surface area contributed by atoms with E-state index in [-0.39, 0.29) is 0 Å². The van der Waals surface area contributed by atoms with Crippen LogP contribution in [0.1, 0.15) is 25.1 Å². The lowest BCUT2D eigenvalue weighted by Gasteiger charge is -2.28. The molecule has 1 fully saturated rings. The Labute approximate surface area is 109 Å². The molecule has 0 atom stereocenters. The Morgan fingerprint density at radius 1 is 1.11 bits per heavy atom. The van der Waals surface area contributed by atoms with E-state index in [1.807, 2.05) is 20.0 Å². The number of nitrogens with one attached hydrogen (secondary N) is 2. The van der Waals surface area contributed by atoms with Gasteiger partial charge in [0, 0.05) is 57.4 Å². The zero-order chi connectivity index (χ0) is 12.8. The predicted molar refractivity (Wildman–Crippen MR) is 73.9 cm³/mol. The number of rotatable bonds is 1. The molecule has 5 heteroatoms. The van der Waals surface area contributed by atoms with E-state index < -0.39 is 0 Å². The number of hydrogen-bond acceptors (Lipinski definition) is 5. The summed E-state index contributed by atoms with van der Waals surface area (Å²) in [5.74, 6) is 0.905. The lowest BCUT2D eigenvalue weighted by molar-refractivity contribution is 0.573. The predicted octanol–water partition coefficient (Wildman–Crippen LogP) is 0.558. The molecule has 0 bridgehead atoms. The zero-order valence-electron chi connectivity index (χ0n) is 11.4. The summed E-state index contributed by atoms with van der Waals surface area (Å²) in [5.41, 5.74) is 2.48. The van der Waals surface area contributed by atoms with Gasteiger partial charge in [-0.1, -0.05) is 13.8 Å². The molecule has 2 aliphatic rings. The Morgan fingerprint density at radius 3 is 2.67 bits per heavy atom. The highest BCUT2D eigenvalue weighted by Gasteiger charge is 2.16. The highest BCUT2D eigenvalue weighted by molar-refractivity contribution is 5.34. The van der Waals surface area contributed by atoms with Crippen LogP contribution in [0.2, 0.25) is 0 Å². The van der Waals surface area contributed by atoms with Crippen LogP contribution in [0.25, 0.3) is 0 Å². The minimum absolute atomic E-state index is 0.905. The van der Waals surface area contributed by atoms with Crippen LogP contribution in [-0.2, 0) is 13.0 Å². The third-order valence-corrected chi connectivity index (χ3v) is 3.20. The molecule has 1 aromatic rings. The van der Waals surface area contributed by atoms with Crippen molar-refractivity contribution in [2.24, 2.45) is 0 Å². The first-order chi connectivity index (χ1) is 8.93. The normalized spacial score (nSPS) is 18.7. The van der Waals surface area contributed by atoms with Gasteiger partial charge in [-0.2, -0.15) is 0 Å². The molecule has 0 aromatic carbocycles. The lowest BCUT2D eigenvalue weighted by atomic mass is 10.1. The van der Waals surface area contributed by atoms with Crippen molar-refractivity contribution in [3.63, 3.8) is 0 Å². The van der Waals surface area contributed by atoms with Gasteiger partial charge < -0.3 is 15.5 Å². The maximum atomic E-state index is 4.68. The van der Waals surface area contributed by atoms with Gasteiger partial charge in [0.15, 0.2) is 0 Å². The number of fused-ring (bicyclic) bond motifs is 1. The van der Waals surface area contributed by atoms with Crippen LogP contribution >= 0.6 is 0 Å². The van der Waals surface area contributed by atoms with Gasteiger partial charge in [0.25, 0.3) is 0 Å². The first-order valence-corrected chi connectivity index (χ1v) is 6.95. The van der Waals surface area contributed by atoms with Crippen molar-refractivity contribution >= 4 is 5.95 Å². The first-order valence-electron chi connectivity index (χ1n) is 6.95. The molecule has 3 rings (SSSR count). The molecule has 0 spiro atoms. The number of nitrogens with zero attached hydrogens (tertiary/aromatic N) is 3. The molecule has 5 nitrogen and oxygen atoms in total. The number of piperazine rings is 1. The maximum Gasteiger partial charge on any atom is 0.225 e. The van der Waals surface area contributed by atoms with E-state index >= 15 is 0 Å². The largest absolute Gasteiger partial charge is 0.338 e. The maximum absolute atomic E-state index is 4.68. The van der Waals surface area contributed by atoms with Crippen LogP contribution in [0.5, 0.6) is 0 Å². The number of anilines is 1. The van der Waals surface area contributed by atoms with Crippen molar-refractivity contribution in [2.75, 3.05) is 37.6 Å². The fourth-order valence-electron chi connectivity index (χ4n) is 2.24. The molecule has 0 amide bonds. The van der Waals surface area contributed by atoms with Crippen LogP contribution in [-0.4, -0.2) is 42.7 Å². The fourth-order valence-corrected chi connectivity index (χ4v) is 2.24. The summed E-state index contributed by atoms with van der Waals surface area (Å²) < 4.78 is 0. The van der Waals surface area contributed by atoms with Crippen LogP contribution in [0.3, 0.4) is 0 Å². The third kappa shape index (κ3) is 2.97. The molecular formula is C13H23N5. The number of hydrogen-bond donors (Lipinski definition) is 2. The zero-order valence-corrected chi connectivity index (χ0v) is 11.4. The minimum atomic E-state index is 0.905. The Balaban J connectivity index is 0.000000574. The molecule has 2 N–H and O–H groups in total. The summed E-state index contributed by atoms with van der Waals surface area (Å²) in [6.07, 6.45) is 3.00. The quantitative estimate of drug-likeness (QED) is 0.761. The van der Waals surface area contributed by atoms with E-state index in [2.05, 4.69) is 25.5 Å². The molecule has 0 aliphatic carbocycles. The number of aromatic nitrogens is 2. The second-order valence-electron chi connectivity index (χ2n) is 4.31. The standard InChI is InChI=1S/C11H17N5.C2H6/c1-2-13-7-9-8-14-11(15-10(1)9)16-5-3-12-4-6-16;1-2/h8,12-13H,1-7H2;1-2H3. The van der Waals surface area contributed by atoms with Crippen molar-refractivity contribution in [1.82, 2.24) is 20.6 Å². The molecule has 2 aliphatic heterocycles. The summed E-state index contributed by atoms with van der Waals surface area (Å²) in [4.78, 5) is 11.4. The van der Waals surface area contributed by atoms with Crippen molar-refractivity contribution in [3.05, 3.63) is 17.5 Å². The Hall–Kier alpha value is -1.20. The van der Waals surface area contributed by atoms with Gasteiger partial charge in [0.1, 0.15) is 0 Å². The van der Waals surface area contributed by atoms with E-state index in [4.69, 9.17) is 0 Å². The highest BCUT2D eigenvalue weighted by Crippen LogP contribution is 2.15. The van der Waals surface area contributed by atoms with Gasteiger partial charge in [0.05, 0.1) is 5.69 Å². The van der Waals surface area contributed by atoms with Crippen molar-refractivity contribution in [2.45, 2.75) is 26.8 Å². The van der Waals surface area contributed by atoms with Gasteiger partial charge in [-0.25, -0.2) is 9.97 Å². The summed E-state index contributed by atoms with van der Waals surface area (Å²) in [6, 6.07) is 0. The second kappa shape index (κ2) is 6.66. The van der Waals surface area contributed by atoms with Crippen LogP contribution in [0, 0.1) is 0 Å². The molecule has 0 unspecified atom stereocenters. The summed E-state index contributed by atoms with van der Waals surface area (Å²) in [5, 5.41) is 6.68. The van der Waals surface area contributed by atoms with Crippen LogP contribution in [0.4, 0.5) is 5.95 Å². The third-order valence-electron chi connectivity index (χ3n) is 3.20. The Bertz CT molecular complexity index is 374. The Kier molecular flexibility index (Phi) is 4.90. The minimum Gasteiger partial charge on any atom is -0.338 e. The molecule has 18 heavy (non-hydrogen) atoms. The summed E-state index contributed by atoms with van der Waals surface area (Å²) >= 11 is 0. The highest BCUT2D eigenvalue weighted by atomic mass is 15.3. The smallest absolute Gasteiger partial charge is 0.225 e. The average molecular weight is 249 g/mol. The molecule has 0 radical (unpaired) electrons. The van der Waals surface area contributed by atoms with Crippen LogP contribution in [0.15, 0.2) is 6.20 Å². The van der Waals surface area contributed by atoms with Crippen molar-refractivity contribution in [1.29, 1.82) is 0 Å². The van der Waals surface area contributed by atoms with Gasteiger partial charge >= 0.3 is 0 Å². The van der Waals surface area contributed by atoms with E-state index in [1.54, 1.807) is 0 Å². The fraction of sp³-hybridized carbons (Fsp3) is 0.692. The van der Waals surface area contributed by atoms with Gasteiger partial charge in [-0.3, -0.25) is 0 Å². The SMILES string of the molecule is CC.c1nc(N2CCNCC2)nc2c1CNCC2. The van der Waals surface area contributed by atoms with Gasteiger partial charge in [-0.05, 0) is 0 Å². The van der Waals surface area contributed by atoms with Crippen molar-refractivity contribution < 1.29 is 0 Å². The monoisotopic (exact) mass is 249 g/mol. The summed E-state index contributed by atoms with van der Waals surface area (Å²) in [7, 11) is 0. The summed E-state index contributed by atoms with van der Waals surface area (Å²) in [6.45, 7) is 10.0. The first kappa shape index (κ1) is 13.2. The topological polar surface area (TPSA) is 53.1 Å². The second-order valence-corrected chi connectivity index (χ2v) is 4.31. The van der Waals surface area contributed by atoms with Crippen LogP contribution < -0.4 is 15.5 Å². The van der Waals surface area contributed by atoms with E-state index in [0.29, 0.717) is 0 Å². The molecule has 100 valence electrons. The van der Waals surface area contributed by atoms with Gasteiger partial charge in [0.2, 0.25) is 5.95 Å².